The lowest BCUT2D eigenvalue weighted by molar-refractivity contribution is -0.116. The summed E-state index contributed by atoms with van der Waals surface area (Å²) in [6, 6.07) is 7.48. The zero-order valence-electron chi connectivity index (χ0n) is 13.5. The minimum Gasteiger partial charge on any atom is -0.359 e. The topological polar surface area (TPSA) is 87.2 Å². The zero-order valence-corrected chi connectivity index (χ0v) is 13.5. The average Bonchev–Trinajstić information content (AvgIpc) is 2.62. The predicted molar refractivity (Wildman–Crippen MR) is 91.0 cm³/mol. The number of carbonyl (C=O) groups excluding carboxylic acids is 2. The van der Waals surface area contributed by atoms with Gasteiger partial charge in [-0.3, -0.25) is 14.6 Å². The van der Waals surface area contributed by atoms with Crippen LogP contribution in [0.4, 0.5) is 11.5 Å². The molecule has 0 unspecified atom stereocenters. The average molecular weight is 325 g/mol. The third-order valence-electron chi connectivity index (χ3n) is 3.89. The quantitative estimate of drug-likeness (QED) is 0.807. The number of likely N-dealkylation sites (N-methyl/N-ethyl adjacent to an activating group) is 1. The number of aromatic nitrogens is 2. The second-order valence-corrected chi connectivity index (χ2v) is 5.58. The molecule has 0 bridgehead atoms. The van der Waals surface area contributed by atoms with Crippen LogP contribution in [0.1, 0.15) is 22.5 Å². The molecule has 0 aliphatic carbocycles. The standard InChI is InChI=1S/C17H19N5O2/c1-22-14-9-12(10-20-16(14)21-11-15(22)23)17(24)19-8-4-6-13-5-2-3-7-18-13/h2-3,5,7,9-10H,4,6,8,11H2,1H3,(H,19,24)(H,20,21). The highest BCUT2D eigenvalue weighted by Crippen LogP contribution is 2.26. The van der Waals surface area contributed by atoms with Gasteiger partial charge in [0.2, 0.25) is 5.91 Å². The van der Waals surface area contributed by atoms with Crippen molar-refractivity contribution in [3.8, 4) is 0 Å². The molecule has 0 fully saturated rings. The van der Waals surface area contributed by atoms with E-state index in [1.165, 1.54) is 11.1 Å². The summed E-state index contributed by atoms with van der Waals surface area (Å²) in [6.07, 6.45) is 4.90. The van der Waals surface area contributed by atoms with Gasteiger partial charge in [-0.2, -0.15) is 0 Å². The van der Waals surface area contributed by atoms with Crippen molar-refractivity contribution < 1.29 is 9.59 Å². The molecule has 3 rings (SSSR count). The van der Waals surface area contributed by atoms with Gasteiger partial charge in [0.1, 0.15) is 5.82 Å². The lowest BCUT2D eigenvalue weighted by Gasteiger charge is -2.26. The molecule has 1 aliphatic rings. The van der Waals surface area contributed by atoms with E-state index in [1.54, 1.807) is 19.3 Å². The van der Waals surface area contributed by atoms with Gasteiger partial charge in [0.15, 0.2) is 0 Å². The van der Waals surface area contributed by atoms with Crippen LogP contribution in [-0.2, 0) is 11.2 Å². The second-order valence-electron chi connectivity index (χ2n) is 5.58. The van der Waals surface area contributed by atoms with Crippen LogP contribution in [0.25, 0.3) is 0 Å². The van der Waals surface area contributed by atoms with E-state index in [0.717, 1.165) is 18.5 Å². The first-order valence-corrected chi connectivity index (χ1v) is 7.84. The highest BCUT2D eigenvalue weighted by atomic mass is 16.2. The molecule has 24 heavy (non-hydrogen) atoms. The largest absolute Gasteiger partial charge is 0.359 e. The lowest BCUT2D eigenvalue weighted by Crippen LogP contribution is -2.37. The smallest absolute Gasteiger partial charge is 0.252 e. The number of anilines is 2. The molecule has 7 nitrogen and oxygen atoms in total. The van der Waals surface area contributed by atoms with E-state index in [-0.39, 0.29) is 18.4 Å². The number of hydrogen-bond donors (Lipinski definition) is 2. The Morgan fingerprint density at radius 2 is 2.25 bits per heavy atom. The molecule has 2 N–H and O–H groups in total. The van der Waals surface area contributed by atoms with E-state index in [1.807, 2.05) is 18.2 Å². The number of nitrogens with one attached hydrogen (secondary N) is 2. The third kappa shape index (κ3) is 3.51. The third-order valence-corrected chi connectivity index (χ3v) is 3.89. The SMILES string of the molecule is CN1C(=O)CNc2ncc(C(=O)NCCCc3ccccn3)cc21. The molecule has 0 radical (unpaired) electrons. The highest BCUT2D eigenvalue weighted by Gasteiger charge is 2.22. The Bertz CT molecular complexity index is 748. The molecule has 0 spiro atoms. The maximum atomic E-state index is 12.2. The molecule has 2 aromatic heterocycles. The van der Waals surface area contributed by atoms with Crippen molar-refractivity contribution in [2.24, 2.45) is 0 Å². The number of nitrogens with zero attached hydrogens (tertiary/aromatic N) is 3. The van der Waals surface area contributed by atoms with Gasteiger partial charge in [-0.1, -0.05) is 6.07 Å². The van der Waals surface area contributed by atoms with E-state index in [4.69, 9.17) is 0 Å². The van der Waals surface area contributed by atoms with Crippen LogP contribution in [0, 0.1) is 0 Å². The summed E-state index contributed by atoms with van der Waals surface area (Å²) in [7, 11) is 1.68. The van der Waals surface area contributed by atoms with E-state index >= 15 is 0 Å². The van der Waals surface area contributed by atoms with Crippen LogP contribution in [0.5, 0.6) is 0 Å². The molecule has 0 saturated heterocycles. The minimum atomic E-state index is -0.197. The number of rotatable bonds is 5. The fourth-order valence-corrected chi connectivity index (χ4v) is 2.50. The number of aryl methyl sites for hydroxylation is 1. The van der Waals surface area contributed by atoms with Crippen molar-refractivity contribution in [3.05, 3.63) is 47.9 Å². The fourth-order valence-electron chi connectivity index (χ4n) is 2.50. The maximum Gasteiger partial charge on any atom is 0.252 e. The number of hydrogen-bond acceptors (Lipinski definition) is 5. The van der Waals surface area contributed by atoms with Gasteiger partial charge in [-0.15, -0.1) is 0 Å². The molecule has 7 heteroatoms. The summed E-state index contributed by atoms with van der Waals surface area (Å²) < 4.78 is 0. The molecule has 0 saturated carbocycles. The van der Waals surface area contributed by atoms with Gasteiger partial charge in [0.05, 0.1) is 17.8 Å². The molecular weight excluding hydrogens is 306 g/mol. The van der Waals surface area contributed by atoms with Crippen molar-refractivity contribution in [1.82, 2.24) is 15.3 Å². The van der Waals surface area contributed by atoms with Gasteiger partial charge in [-0.05, 0) is 31.0 Å². The fraction of sp³-hybridized carbons (Fsp3) is 0.294. The first-order chi connectivity index (χ1) is 11.6. The molecule has 124 valence electrons. The monoisotopic (exact) mass is 325 g/mol. The van der Waals surface area contributed by atoms with E-state index in [9.17, 15) is 9.59 Å². The first kappa shape index (κ1) is 15.9. The number of amides is 2. The Labute approximate surface area is 140 Å². The Hall–Kier alpha value is -2.96. The Morgan fingerprint density at radius 1 is 1.38 bits per heavy atom. The lowest BCUT2D eigenvalue weighted by atomic mass is 10.2. The Balaban J connectivity index is 1.56. The number of carbonyl (C=O) groups is 2. The molecule has 3 heterocycles. The predicted octanol–water partition coefficient (Wildman–Crippen LogP) is 1.23. The zero-order chi connectivity index (χ0) is 16.9. The van der Waals surface area contributed by atoms with Gasteiger partial charge in [0, 0.05) is 31.7 Å². The van der Waals surface area contributed by atoms with Gasteiger partial charge < -0.3 is 15.5 Å². The van der Waals surface area contributed by atoms with Crippen molar-refractivity contribution in [2.45, 2.75) is 12.8 Å². The maximum absolute atomic E-state index is 12.2. The highest BCUT2D eigenvalue weighted by molar-refractivity contribution is 6.03. The van der Waals surface area contributed by atoms with Crippen molar-refractivity contribution in [3.63, 3.8) is 0 Å². The van der Waals surface area contributed by atoms with Crippen molar-refractivity contribution in [1.29, 1.82) is 0 Å². The van der Waals surface area contributed by atoms with Crippen LogP contribution in [0.2, 0.25) is 0 Å². The van der Waals surface area contributed by atoms with Crippen LogP contribution >= 0.6 is 0 Å². The van der Waals surface area contributed by atoms with E-state index in [0.29, 0.717) is 23.6 Å². The molecule has 0 aromatic carbocycles. The number of pyridine rings is 2. The summed E-state index contributed by atoms with van der Waals surface area (Å²) in [5.41, 5.74) is 2.07. The van der Waals surface area contributed by atoms with Crippen LogP contribution in [0.15, 0.2) is 36.7 Å². The molecular formula is C17H19N5O2. The van der Waals surface area contributed by atoms with Gasteiger partial charge in [0.25, 0.3) is 5.91 Å². The summed E-state index contributed by atoms with van der Waals surface area (Å²) in [5, 5.41) is 5.81. The molecule has 2 amide bonds. The van der Waals surface area contributed by atoms with Crippen molar-refractivity contribution in [2.75, 3.05) is 30.4 Å². The summed E-state index contributed by atoms with van der Waals surface area (Å²) in [6.45, 7) is 0.773. The summed E-state index contributed by atoms with van der Waals surface area (Å²) in [5.74, 6) is 0.360. The van der Waals surface area contributed by atoms with E-state index < -0.39 is 0 Å². The minimum absolute atomic E-state index is 0.0581. The second kappa shape index (κ2) is 7.08. The van der Waals surface area contributed by atoms with E-state index in [2.05, 4.69) is 20.6 Å². The van der Waals surface area contributed by atoms with Crippen LogP contribution < -0.4 is 15.5 Å². The first-order valence-electron chi connectivity index (χ1n) is 7.84. The molecule has 2 aromatic rings. The Kier molecular flexibility index (Phi) is 4.69. The molecule has 1 aliphatic heterocycles. The van der Waals surface area contributed by atoms with Gasteiger partial charge in [-0.25, -0.2) is 4.98 Å². The normalized spacial score (nSPS) is 13.2. The van der Waals surface area contributed by atoms with Crippen molar-refractivity contribution >= 4 is 23.3 Å². The Morgan fingerprint density at radius 3 is 3.04 bits per heavy atom. The van der Waals surface area contributed by atoms with Crippen LogP contribution in [0.3, 0.4) is 0 Å². The molecule has 0 atom stereocenters. The summed E-state index contributed by atoms with van der Waals surface area (Å²) >= 11 is 0. The number of fused-ring (bicyclic) bond motifs is 1. The van der Waals surface area contributed by atoms with Crippen LogP contribution in [-0.4, -0.2) is 41.9 Å². The summed E-state index contributed by atoms with van der Waals surface area (Å²) in [4.78, 5) is 33.9. The van der Waals surface area contributed by atoms with Gasteiger partial charge >= 0.3 is 0 Å².